The SMILES string of the molecule is COc1ccc(-c2nnc(CSc3nncs3)o2)cc1. The molecular weight excluding hydrogens is 296 g/mol. The molecule has 102 valence electrons. The average molecular weight is 306 g/mol. The van der Waals surface area contributed by atoms with Crippen LogP contribution in [0, 0.1) is 0 Å². The van der Waals surface area contributed by atoms with Gasteiger partial charge in [0, 0.05) is 5.56 Å². The van der Waals surface area contributed by atoms with Crippen molar-refractivity contribution in [1.82, 2.24) is 20.4 Å². The summed E-state index contributed by atoms with van der Waals surface area (Å²) in [5.74, 6) is 2.44. The van der Waals surface area contributed by atoms with Crippen molar-refractivity contribution in [2.75, 3.05) is 7.11 Å². The monoisotopic (exact) mass is 306 g/mol. The van der Waals surface area contributed by atoms with Crippen molar-refractivity contribution in [3.8, 4) is 17.2 Å². The molecule has 0 N–H and O–H groups in total. The van der Waals surface area contributed by atoms with Gasteiger partial charge in [-0.1, -0.05) is 23.1 Å². The van der Waals surface area contributed by atoms with Gasteiger partial charge in [0.15, 0.2) is 4.34 Å². The van der Waals surface area contributed by atoms with Gasteiger partial charge in [0.2, 0.25) is 11.8 Å². The van der Waals surface area contributed by atoms with Crippen LogP contribution in [0.5, 0.6) is 5.75 Å². The van der Waals surface area contributed by atoms with Gasteiger partial charge in [-0.15, -0.1) is 20.4 Å². The smallest absolute Gasteiger partial charge is 0.247 e. The molecule has 2 aromatic heterocycles. The third kappa shape index (κ3) is 2.97. The van der Waals surface area contributed by atoms with Gasteiger partial charge in [0.1, 0.15) is 11.3 Å². The lowest BCUT2D eigenvalue weighted by Crippen LogP contribution is -1.82. The summed E-state index contributed by atoms with van der Waals surface area (Å²) >= 11 is 3.01. The normalized spacial score (nSPS) is 10.7. The van der Waals surface area contributed by atoms with Gasteiger partial charge in [-0.25, -0.2) is 0 Å². The predicted molar refractivity (Wildman–Crippen MR) is 75.8 cm³/mol. The van der Waals surface area contributed by atoms with Gasteiger partial charge < -0.3 is 9.15 Å². The van der Waals surface area contributed by atoms with E-state index < -0.39 is 0 Å². The first-order valence-corrected chi connectivity index (χ1v) is 7.57. The fourth-order valence-corrected chi connectivity index (χ4v) is 2.84. The molecule has 0 bridgehead atoms. The summed E-state index contributed by atoms with van der Waals surface area (Å²) in [6.07, 6.45) is 0. The number of benzene rings is 1. The molecule has 8 heteroatoms. The van der Waals surface area contributed by atoms with Gasteiger partial charge in [-0.05, 0) is 24.3 Å². The van der Waals surface area contributed by atoms with Gasteiger partial charge in [0.25, 0.3) is 0 Å². The van der Waals surface area contributed by atoms with Crippen LogP contribution in [-0.2, 0) is 5.75 Å². The van der Waals surface area contributed by atoms with E-state index in [-0.39, 0.29) is 0 Å². The fraction of sp³-hybridized carbons (Fsp3) is 0.167. The first kappa shape index (κ1) is 13.1. The highest BCUT2D eigenvalue weighted by atomic mass is 32.2. The van der Waals surface area contributed by atoms with Crippen molar-refractivity contribution >= 4 is 23.1 Å². The standard InChI is InChI=1S/C12H10N4O2S2/c1-17-9-4-2-8(3-5-9)11-15-14-10(18-11)6-19-12-16-13-7-20-12/h2-5,7H,6H2,1H3. The van der Waals surface area contributed by atoms with E-state index in [0.717, 1.165) is 15.7 Å². The second-order valence-electron chi connectivity index (χ2n) is 3.72. The maximum absolute atomic E-state index is 5.61. The molecule has 0 aliphatic heterocycles. The zero-order valence-corrected chi connectivity index (χ0v) is 12.1. The molecule has 0 fully saturated rings. The number of hydrogen-bond donors (Lipinski definition) is 0. The molecule has 0 spiro atoms. The van der Waals surface area contributed by atoms with Crippen molar-refractivity contribution in [3.63, 3.8) is 0 Å². The van der Waals surface area contributed by atoms with Crippen molar-refractivity contribution in [3.05, 3.63) is 35.7 Å². The summed E-state index contributed by atoms with van der Waals surface area (Å²) < 4.78 is 11.6. The molecule has 3 rings (SSSR count). The number of aromatic nitrogens is 4. The minimum Gasteiger partial charge on any atom is -0.497 e. The highest BCUT2D eigenvalue weighted by Crippen LogP contribution is 2.25. The van der Waals surface area contributed by atoms with Crippen LogP contribution >= 0.6 is 23.1 Å². The summed E-state index contributed by atoms with van der Waals surface area (Å²) in [5, 5.41) is 15.8. The highest BCUT2D eigenvalue weighted by Gasteiger charge is 2.10. The van der Waals surface area contributed by atoms with E-state index in [4.69, 9.17) is 9.15 Å². The number of hydrogen-bond acceptors (Lipinski definition) is 8. The van der Waals surface area contributed by atoms with Gasteiger partial charge in [-0.2, -0.15) is 0 Å². The van der Waals surface area contributed by atoms with E-state index in [1.165, 1.54) is 23.1 Å². The quantitative estimate of drug-likeness (QED) is 0.671. The van der Waals surface area contributed by atoms with E-state index in [1.54, 1.807) is 12.6 Å². The summed E-state index contributed by atoms with van der Waals surface area (Å²) in [6, 6.07) is 7.48. The molecule has 2 heterocycles. The minimum atomic E-state index is 0.500. The molecule has 0 saturated carbocycles. The number of ether oxygens (including phenoxy) is 1. The Bertz CT molecular complexity index is 667. The van der Waals surface area contributed by atoms with Crippen LogP contribution in [0.1, 0.15) is 5.89 Å². The van der Waals surface area contributed by atoms with Crippen LogP contribution in [0.15, 0.2) is 38.5 Å². The Balaban J connectivity index is 1.69. The first-order chi connectivity index (χ1) is 9.85. The van der Waals surface area contributed by atoms with Crippen LogP contribution in [0.4, 0.5) is 0 Å². The molecule has 1 aromatic carbocycles. The molecule has 0 saturated heterocycles. The van der Waals surface area contributed by atoms with Gasteiger partial charge in [-0.3, -0.25) is 0 Å². The van der Waals surface area contributed by atoms with Gasteiger partial charge in [0.05, 0.1) is 12.9 Å². The lowest BCUT2D eigenvalue weighted by molar-refractivity contribution is 0.415. The van der Waals surface area contributed by atoms with Crippen LogP contribution in [-0.4, -0.2) is 27.5 Å². The number of methoxy groups -OCH3 is 1. The second kappa shape index (κ2) is 6.02. The van der Waals surface area contributed by atoms with Gasteiger partial charge >= 0.3 is 0 Å². The Morgan fingerprint density at radius 1 is 1.20 bits per heavy atom. The van der Waals surface area contributed by atoms with Crippen molar-refractivity contribution in [2.45, 2.75) is 10.1 Å². The Hall–Kier alpha value is -1.93. The van der Waals surface area contributed by atoms with Crippen LogP contribution in [0.25, 0.3) is 11.5 Å². The lowest BCUT2D eigenvalue weighted by atomic mass is 10.2. The summed E-state index contributed by atoms with van der Waals surface area (Å²) in [5.41, 5.74) is 2.56. The predicted octanol–water partition coefficient (Wildman–Crippen LogP) is 2.89. The largest absolute Gasteiger partial charge is 0.497 e. The Kier molecular flexibility index (Phi) is 3.93. The fourth-order valence-electron chi connectivity index (χ4n) is 1.51. The molecule has 0 aliphatic carbocycles. The summed E-state index contributed by atoms with van der Waals surface area (Å²) in [6.45, 7) is 0. The van der Waals surface area contributed by atoms with E-state index >= 15 is 0 Å². The Morgan fingerprint density at radius 3 is 2.75 bits per heavy atom. The maximum Gasteiger partial charge on any atom is 0.247 e. The van der Waals surface area contributed by atoms with Crippen LogP contribution in [0.2, 0.25) is 0 Å². The molecule has 3 aromatic rings. The maximum atomic E-state index is 5.61. The third-order valence-corrected chi connectivity index (χ3v) is 4.31. The van der Waals surface area contributed by atoms with Crippen molar-refractivity contribution in [1.29, 1.82) is 0 Å². The summed E-state index contributed by atoms with van der Waals surface area (Å²) in [4.78, 5) is 0. The van der Waals surface area contributed by atoms with Crippen molar-refractivity contribution < 1.29 is 9.15 Å². The molecule has 0 amide bonds. The van der Waals surface area contributed by atoms with E-state index in [0.29, 0.717) is 17.5 Å². The minimum absolute atomic E-state index is 0.500. The molecule has 0 atom stereocenters. The highest BCUT2D eigenvalue weighted by molar-refractivity contribution is 8.00. The topological polar surface area (TPSA) is 73.9 Å². The third-order valence-electron chi connectivity index (χ3n) is 2.46. The molecule has 0 radical (unpaired) electrons. The zero-order valence-electron chi connectivity index (χ0n) is 10.5. The molecule has 0 aliphatic rings. The average Bonchev–Trinajstić information content (AvgIpc) is 3.17. The second-order valence-corrected chi connectivity index (χ2v) is 5.78. The summed E-state index contributed by atoms with van der Waals surface area (Å²) in [7, 11) is 1.63. The number of nitrogens with zero attached hydrogens (tertiary/aromatic N) is 4. The number of thioether (sulfide) groups is 1. The first-order valence-electron chi connectivity index (χ1n) is 5.71. The zero-order chi connectivity index (χ0) is 13.8. The van der Waals surface area contributed by atoms with Crippen LogP contribution in [0.3, 0.4) is 0 Å². The molecule has 20 heavy (non-hydrogen) atoms. The van der Waals surface area contributed by atoms with Crippen molar-refractivity contribution in [2.24, 2.45) is 0 Å². The molecular formula is C12H10N4O2S2. The lowest BCUT2D eigenvalue weighted by Gasteiger charge is -1.99. The molecule has 6 nitrogen and oxygen atoms in total. The number of rotatable bonds is 5. The van der Waals surface area contributed by atoms with Crippen LogP contribution < -0.4 is 4.74 Å². The van der Waals surface area contributed by atoms with E-state index in [9.17, 15) is 0 Å². The van der Waals surface area contributed by atoms with E-state index in [2.05, 4.69) is 20.4 Å². The Labute approximate surface area is 123 Å². The molecule has 0 unspecified atom stereocenters. The van der Waals surface area contributed by atoms with E-state index in [1.807, 2.05) is 24.3 Å². The Morgan fingerprint density at radius 2 is 2.05 bits per heavy atom.